The average molecular weight is 193 g/mol. The number of nitrogens with one attached hydrogen (secondary N) is 1. The first-order valence-electron chi connectivity index (χ1n) is 5.14. The Bertz CT molecular complexity index is 316. The molecular formula is C12H16FN. The molecule has 0 bridgehead atoms. The van der Waals surface area contributed by atoms with Gasteiger partial charge >= 0.3 is 0 Å². The first-order chi connectivity index (χ1) is 6.70. The molecule has 14 heavy (non-hydrogen) atoms. The molecule has 0 aromatic heterocycles. The van der Waals surface area contributed by atoms with Crippen molar-refractivity contribution in [2.45, 2.75) is 19.8 Å². The maximum atomic E-state index is 13.4. The van der Waals surface area contributed by atoms with Gasteiger partial charge in [0.05, 0.1) is 0 Å². The summed E-state index contributed by atoms with van der Waals surface area (Å²) in [5.41, 5.74) is 1.08. The van der Waals surface area contributed by atoms with Crippen LogP contribution >= 0.6 is 0 Å². The van der Waals surface area contributed by atoms with Crippen molar-refractivity contribution in [3.63, 3.8) is 0 Å². The maximum absolute atomic E-state index is 13.4. The molecule has 0 saturated carbocycles. The summed E-state index contributed by atoms with van der Waals surface area (Å²) in [6.45, 7) is 4.28. The van der Waals surface area contributed by atoms with Crippen molar-refractivity contribution in [3.05, 3.63) is 35.6 Å². The lowest BCUT2D eigenvalue weighted by molar-refractivity contribution is 0.356. The van der Waals surface area contributed by atoms with E-state index in [1.807, 2.05) is 12.1 Å². The predicted octanol–water partition coefficient (Wildman–Crippen LogP) is 2.37. The summed E-state index contributed by atoms with van der Waals surface area (Å²) in [6, 6.07) is 7.08. The van der Waals surface area contributed by atoms with Gasteiger partial charge in [0.25, 0.3) is 0 Å². The van der Waals surface area contributed by atoms with Gasteiger partial charge in [-0.25, -0.2) is 4.39 Å². The molecule has 1 aliphatic heterocycles. The highest BCUT2D eigenvalue weighted by atomic mass is 19.1. The second-order valence-electron chi connectivity index (χ2n) is 4.51. The summed E-state index contributed by atoms with van der Waals surface area (Å²) >= 11 is 0. The van der Waals surface area contributed by atoms with Crippen LogP contribution in [0, 0.1) is 11.2 Å². The van der Waals surface area contributed by atoms with Gasteiger partial charge in [-0.2, -0.15) is 0 Å². The predicted molar refractivity (Wildman–Crippen MR) is 55.7 cm³/mol. The molecule has 1 unspecified atom stereocenters. The summed E-state index contributed by atoms with van der Waals surface area (Å²) in [4.78, 5) is 0. The zero-order chi connectivity index (χ0) is 10.0. The molecule has 2 heteroatoms. The topological polar surface area (TPSA) is 12.0 Å². The molecule has 1 heterocycles. The number of rotatable bonds is 2. The Hall–Kier alpha value is -0.890. The minimum absolute atomic E-state index is 0.0689. The van der Waals surface area contributed by atoms with Crippen LogP contribution < -0.4 is 5.32 Å². The van der Waals surface area contributed by atoms with Crippen molar-refractivity contribution >= 4 is 0 Å². The molecule has 0 amide bonds. The molecule has 0 radical (unpaired) electrons. The molecule has 1 nitrogen and oxygen atoms in total. The third kappa shape index (κ3) is 1.95. The van der Waals surface area contributed by atoms with E-state index in [1.54, 1.807) is 12.1 Å². The van der Waals surface area contributed by atoms with Gasteiger partial charge in [0.1, 0.15) is 5.82 Å². The zero-order valence-corrected chi connectivity index (χ0v) is 8.52. The molecule has 0 spiro atoms. The summed E-state index contributed by atoms with van der Waals surface area (Å²) < 4.78 is 13.4. The fraction of sp³-hybridized carbons (Fsp3) is 0.500. The van der Waals surface area contributed by atoms with Gasteiger partial charge in [-0.15, -0.1) is 0 Å². The highest BCUT2D eigenvalue weighted by molar-refractivity contribution is 5.19. The van der Waals surface area contributed by atoms with Gasteiger partial charge in [-0.3, -0.25) is 0 Å². The third-order valence-corrected chi connectivity index (χ3v) is 3.03. The number of hydrogen-bond acceptors (Lipinski definition) is 1. The highest BCUT2D eigenvalue weighted by Gasteiger charge is 2.29. The molecule has 1 fully saturated rings. The van der Waals surface area contributed by atoms with E-state index in [-0.39, 0.29) is 11.2 Å². The largest absolute Gasteiger partial charge is 0.316 e. The van der Waals surface area contributed by atoms with Gasteiger partial charge in [0.2, 0.25) is 0 Å². The molecule has 1 atom stereocenters. The maximum Gasteiger partial charge on any atom is 0.126 e. The highest BCUT2D eigenvalue weighted by Crippen LogP contribution is 2.29. The SMILES string of the molecule is CC1(Cc2ccccc2F)CCNC1. The van der Waals surface area contributed by atoms with Gasteiger partial charge < -0.3 is 5.32 Å². The Balaban J connectivity index is 2.14. The van der Waals surface area contributed by atoms with Gasteiger partial charge in [-0.05, 0) is 36.4 Å². The lowest BCUT2D eigenvalue weighted by Gasteiger charge is -2.22. The van der Waals surface area contributed by atoms with Crippen LogP contribution in [0.2, 0.25) is 0 Å². The van der Waals surface area contributed by atoms with Crippen LogP contribution in [0.3, 0.4) is 0 Å². The van der Waals surface area contributed by atoms with Crippen molar-refractivity contribution in [1.82, 2.24) is 5.32 Å². The van der Waals surface area contributed by atoms with Crippen LogP contribution in [0.4, 0.5) is 4.39 Å². The van der Waals surface area contributed by atoms with Crippen LogP contribution in [0.5, 0.6) is 0 Å². The average Bonchev–Trinajstić information content (AvgIpc) is 2.57. The smallest absolute Gasteiger partial charge is 0.126 e. The first-order valence-corrected chi connectivity index (χ1v) is 5.14. The quantitative estimate of drug-likeness (QED) is 0.760. The summed E-state index contributed by atoms with van der Waals surface area (Å²) in [5.74, 6) is -0.0689. The van der Waals surface area contributed by atoms with E-state index in [9.17, 15) is 4.39 Å². The molecule has 1 saturated heterocycles. The summed E-state index contributed by atoms with van der Waals surface area (Å²) in [7, 11) is 0. The Morgan fingerprint density at radius 2 is 2.21 bits per heavy atom. The van der Waals surface area contributed by atoms with E-state index in [4.69, 9.17) is 0 Å². The number of hydrogen-bond donors (Lipinski definition) is 1. The van der Waals surface area contributed by atoms with E-state index in [0.717, 1.165) is 31.5 Å². The van der Waals surface area contributed by atoms with E-state index in [1.165, 1.54) is 0 Å². The first kappa shape index (κ1) is 9.66. The van der Waals surface area contributed by atoms with Crippen LogP contribution in [0.15, 0.2) is 24.3 Å². The normalized spacial score (nSPS) is 26.7. The number of halogens is 1. The van der Waals surface area contributed by atoms with Crippen LogP contribution in [0.1, 0.15) is 18.9 Å². The molecule has 0 aliphatic carbocycles. The number of benzene rings is 1. The van der Waals surface area contributed by atoms with E-state index in [0.29, 0.717) is 0 Å². The third-order valence-electron chi connectivity index (χ3n) is 3.03. The van der Waals surface area contributed by atoms with Crippen LogP contribution in [0.25, 0.3) is 0 Å². The lowest BCUT2D eigenvalue weighted by Crippen LogP contribution is -2.23. The molecule has 1 aliphatic rings. The Morgan fingerprint density at radius 3 is 2.86 bits per heavy atom. The Kier molecular flexibility index (Phi) is 2.55. The molecule has 1 N–H and O–H groups in total. The minimum atomic E-state index is -0.0689. The lowest BCUT2D eigenvalue weighted by atomic mass is 9.83. The van der Waals surface area contributed by atoms with Crippen molar-refractivity contribution in [3.8, 4) is 0 Å². The van der Waals surface area contributed by atoms with E-state index in [2.05, 4.69) is 12.2 Å². The molecule has 2 rings (SSSR count). The van der Waals surface area contributed by atoms with Crippen molar-refractivity contribution in [1.29, 1.82) is 0 Å². The van der Waals surface area contributed by atoms with Crippen molar-refractivity contribution in [2.24, 2.45) is 5.41 Å². The van der Waals surface area contributed by atoms with Gasteiger partial charge in [-0.1, -0.05) is 25.1 Å². The summed E-state index contributed by atoms with van der Waals surface area (Å²) in [6.07, 6.45) is 1.98. The molecule has 1 aromatic rings. The van der Waals surface area contributed by atoms with Crippen molar-refractivity contribution < 1.29 is 4.39 Å². The Labute approximate surface area is 84.3 Å². The standard InChI is InChI=1S/C12H16FN/c1-12(6-7-14-9-12)8-10-4-2-3-5-11(10)13/h2-5,14H,6-9H2,1H3. The van der Waals surface area contributed by atoms with Crippen molar-refractivity contribution in [2.75, 3.05) is 13.1 Å². The molecular weight excluding hydrogens is 177 g/mol. The van der Waals surface area contributed by atoms with E-state index < -0.39 is 0 Å². The van der Waals surface area contributed by atoms with E-state index >= 15 is 0 Å². The van der Waals surface area contributed by atoms with Crippen LogP contribution in [-0.2, 0) is 6.42 Å². The minimum Gasteiger partial charge on any atom is -0.316 e. The summed E-state index contributed by atoms with van der Waals surface area (Å²) in [5, 5.41) is 3.33. The monoisotopic (exact) mass is 193 g/mol. The fourth-order valence-electron chi connectivity index (χ4n) is 2.12. The molecule has 76 valence electrons. The second kappa shape index (κ2) is 3.70. The Morgan fingerprint density at radius 1 is 1.43 bits per heavy atom. The van der Waals surface area contributed by atoms with Crippen LogP contribution in [-0.4, -0.2) is 13.1 Å². The zero-order valence-electron chi connectivity index (χ0n) is 8.52. The fourth-order valence-corrected chi connectivity index (χ4v) is 2.12. The molecule has 1 aromatic carbocycles. The second-order valence-corrected chi connectivity index (χ2v) is 4.51. The van der Waals surface area contributed by atoms with Gasteiger partial charge in [0.15, 0.2) is 0 Å². The van der Waals surface area contributed by atoms with Gasteiger partial charge in [0, 0.05) is 6.54 Å².